The molecule has 0 radical (unpaired) electrons. The molecule has 1 aliphatic carbocycles. The lowest BCUT2D eigenvalue weighted by Gasteiger charge is -2.36. The lowest BCUT2D eigenvalue weighted by molar-refractivity contribution is -0.122. The van der Waals surface area contributed by atoms with Crippen LogP contribution < -0.4 is 16.0 Å². The zero-order valence-corrected chi connectivity index (χ0v) is 15.1. The molecular formula is C19H26FN3O4. The molecule has 1 saturated heterocycles. The van der Waals surface area contributed by atoms with Crippen LogP contribution in [0.1, 0.15) is 32.1 Å². The summed E-state index contributed by atoms with van der Waals surface area (Å²) in [7, 11) is 0. The fourth-order valence-electron chi connectivity index (χ4n) is 3.24. The number of benzene rings is 1. The van der Waals surface area contributed by atoms with Gasteiger partial charge in [0.25, 0.3) is 0 Å². The summed E-state index contributed by atoms with van der Waals surface area (Å²) in [6.07, 6.45) is 3.35. The average molecular weight is 379 g/mol. The summed E-state index contributed by atoms with van der Waals surface area (Å²) < 4.78 is 19.5. The number of nitrogens with one attached hydrogen (secondary N) is 3. The second-order valence-electron chi connectivity index (χ2n) is 7.10. The van der Waals surface area contributed by atoms with Crippen LogP contribution >= 0.6 is 0 Å². The van der Waals surface area contributed by atoms with Gasteiger partial charge in [0.1, 0.15) is 11.9 Å². The highest BCUT2D eigenvalue weighted by molar-refractivity contribution is 5.89. The molecule has 7 nitrogen and oxygen atoms in total. The number of aliphatic hydroxyl groups excluding tert-OH is 1. The van der Waals surface area contributed by atoms with E-state index in [1.807, 2.05) is 0 Å². The molecule has 3 rings (SSSR count). The first-order chi connectivity index (χ1) is 13.1. The second kappa shape index (κ2) is 9.14. The molecule has 1 aromatic carbocycles. The largest absolute Gasteiger partial charge is 0.394 e. The number of rotatable bonds is 7. The lowest BCUT2D eigenvalue weighted by atomic mass is 9.97. The molecule has 1 aromatic rings. The average Bonchev–Trinajstić information content (AvgIpc) is 3.50. The maximum absolute atomic E-state index is 13.6. The third kappa shape index (κ3) is 5.64. The van der Waals surface area contributed by atoms with Crippen LogP contribution in [0.4, 0.5) is 14.9 Å². The quantitative estimate of drug-likeness (QED) is 0.580. The van der Waals surface area contributed by atoms with Crippen molar-refractivity contribution < 1.29 is 23.8 Å². The molecular weight excluding hydrogens is 353 g/mol. The first-order valence-corrected chi connectivity index (χ1v) is 9.43. The van der Waals surface area contributed by atoms with E-state index in [2.05, 4.69) is 16.0 Å². The van der Waals surface area contributed by atoms with Gasteiger partial charge in [0.2, 0.25) is 5.91 Å². The van der Waals surface area contributed by atoms with E-state index < -0.39 is 18.0 Å². The SMILES string of the molecule is O=C(Nc1ccccc1F)N[C@@H]1CC[C@@H](CCNC(=O)C2CC2)O[C@H]1CO. The van der Waals surface area contributed by atoms with Crippen LogP contribution in [0.5, 0.6) is 0 Å². The fraction of sp³-hybridized carbons (Fsp3) is 0.579. The van der Waals surface area contributed by atoms with E-state index in [0.717, 1.165) is 12.8 Å². The molecule has 0 aromatic heterocycles. The van der Waals surface area contributed by atoms with Crippen molar-refractivity contribution in [2.24, 2.45) is 5.92 Å². The monoisotopic (exact) mass is 379 g/mol. The van der Waals surface area contributed by atoms with Crippen molar-refractivity contribution in [3.8, 4) is 0 Å². The number of carbonyl (C=O) groups is 2. The van der Waals surface area contributed by atoms with E-state index in [1.165, 1.54) is 12.1 Å². The van der Waals surface area contributed by atoms with Crippen molar-refractivity contribution in [2.75, 3.05) is 18.5 Å². The maximum atomic E-state index is 13.6. The molecule has 0 bridgehead atoms. The number of halogens is 1. The minimum absolute atomic E-state index is 0.0747. The minimum atomic E-state index is -0.540. The number of para-hydroxylation sites is 1. The Kier molecular flexibility index (Phi) is 6.63. The summed E-state index contributed by atoms with van der Waals surface area (Å²) in [5.41, 5.74) is 0.0940. The van der Waals surface area contributed by atoms with Gasteiger partial charge in [0.15, 0.2) is 0 Å². The van der Waals surface area contributed by atoms with Crippen molar-refractivity contribution in [3.63, 3.8) is 0 Å². The lowest BCUT2D eigenvalue weighted by Crippen LogP contribution is -2.52. The highest BCUT2D eigenvalue weighted by atomic mass is 19.1. The van der Waals surface area contributed by atoms with Crippen molar-refractivity contribution in [3.05, 3.63) is 30.1 Å². The van der Waals surface area contributed by atoms with Crippen LogP contribution in [0.3, 0.4) is 0 Å². The van der Waals surface area contributed by atoms with E-state index in [1.54, 1.807) is 12.1 Å². The van der Waals surface area contributed by atoms with Gasteiger partial charge in [-0.3, -0.25) is 4.79 Å². The van der Waals surface area contributed by atoms with E-state index in [9.17, 15) is 19.1 Å². The summed E-state index contributed by atoms with van der Waals surface area (Å²) in [4.78, 5) is 23.8. The van der Waals surface area contributed by atoms with Crippen LogP contribution in [0.25, 0.3) is 0 Å². The predicted molar refractivity (Wildman–Crippen MR) is 97.7 cm³/mol. The summed E-state index contributed by atoms with van der Waals surface area (Å²) in [5, 5.41) is 17.7. The summed E-state index contributed by atoms with van der Waals surface area (Å²) in [6, 6.07) is 5.01. The smallest absolute Gasteiger partial charge is 0.319 e. The molecule has 1 aliphatic heterocycles. The van der Waals surface area contributed by atoms with Gasteiger partial charge >= 0.3 is 6.03 Å². The van der Waals surface area contributed by atoms with Crippen LogP contribution in [-0.2, 0) is 9.53 Å². The zero-order valence-electron chi connectivity index (χ0n) is 15.1. The third-order valence-electron chi connectivity index (χ3n) is 4.95. The number of urea groups is 1. The van der Waals surface area contributed by atoms with Crippen LogP contribution in [0, 0.1) is 11.7 Å². The molecule has 0 spiro atoms. The molecule has 148 valence electrons. The van der Waals surface area contributed by atoms with Gasteiger partial charge < -0.3 is 25.8 Å². The number of carbonyl (C=O) groups excluding carboxylic acids is 2. The highest BCUT2D eigenvalue weighted by Gasteiger charge is 2.33. The molecule has 1 saturated carbocycles. The Morgan fingerprint density at radius 1 is 1.19 bits per heavy atom. The van der Waals surface area contributed by atoms with Crippen LogP contribution in [0.15, 0.2) is 24.3 Å². The molecule has 4 N–H and O–H groups in total. The Bertz CT molecular complexity index is 668. The Hall–Kier alpha value is -2.19. The minimum Gasteiger partial charge on any atom is -0.394 e. The van der Waals surface area contributed by atoms with Crippen molar-refractivity contribution in [1.29, 1.82) is 0 Å². The van der Waals surface area contributed by atoms with Crippen molar-refractivity contribution in [2.45, 2.75) is 50.4 Å². The number of anilines is 1. The first kappa shape index (κ1) is 19.6. The van der Waals surface area contributed by atoms with E-state index in [4.69, 9.17) is 4.74 Å². The molecule has 3 atom stereocenters. The topological polar surface area (TPSA) is 99.7 Å². The Morgan fingerprint density at radius 2 is 1.96 bits per heavy atom. The Labute approximate surface area is 157 Å². The Morgan fingerprint density at radius 3 is 2.67 bits per heavy atom. The second-order valence-corrected chi connectivity index (χ2v) is 7.10. The molecule has 8 heteroatoms. The highest BCUT2D eigenvalue weighted by Crippen LogP contribution is 2.29. The number of amides is 3. The number of hydrogen-bond acceptors (Lipinski definition) is 4. The van der Waals surface area contributed by atoms with E-state index in [0.29, 0.717) is 25.8 Å². The molecule has 2 fully saturated rings. The summed E-state index contributed by atoms with van der Waals surface area (Å²) in [6.45, 7) is 0.319. The van der Waals surface area contributed by atoms with Gasteiger partial charge in [-0.05, 0) is 44.2 Å². The normalized spacial score (nSPS) is 24.9. The number of ether oxygens (including phenoxy) is 1. The number of aliphatic hydroxyl groups is 1. The molecule has 0 unspecified atom stereocenters. The summed E-state index contributed by atoms with van der Waals surface area (Å²) >= 11 is 0. The molecule has 1 heterocycles. The maximum Gasteiger partial charge on any atom is 0.319 e. The Balaban J connectivity index is 1.43. The first-order valence-electron chi connectivity index (χ1n) is 9.43. The van der Waals surface area contributed by atoms with E-state index in [-0.39, 0.29) is 36.3 Å². The fourth-order valence-corrected chi connectivity index (χ4v) is 3.24. The van der Waals surface area contributed by atoms with Gasteiger partial charge in [-0.1, -0.05) is 12.1 Å². The standard InChI is InChI=1S/C19H26FN3O4/c20-14-3-1-2-4-15(14)22-19(26)23-16-8-7-13(27-17(16)11-24)9-10-21-18(25)12-5-6-12/h1-4,12-13,16-17,24H,5-11H2,(H,21,25)(H2,22,23,26)/t13-,16+,17-/m0/s1. The summed E-state index contributed by atoms with van der Waals surface area (Å²) in [5.74, 6) is -0.225. The van der Waals surface area contributed by atoms with Gasteiger partial charge in [0, 0.05) is 12.5 Å². The van der Waals surface area contributed by atoms with Gasteiger partial charge in [-0.15, -0.1) is 0 Å². The molecule has 27 heavy (non-hydrogen) atoms. The number of hydrogen-bond donors (Lipinski definition) is 4. The van der Waals surface area contributed by atoms with Crippen molar-refractivity contribution in [1.82, 2.24) is 10.6 Å². The van der Waals surface area contributed by atoms with Crippen LogP contribution in [0.2, 0.25) is 0 Å². The predicted octanol–water partition coefficient (Wildman–Crippen LogP) is 1.77. The van der Waals surface area contributed by atoms with E-state index >= 15 is 0 Å². The van der Waals surface area contributed by atoms with Crippen molar-refractivity contribution >= 4 is 17.6 Å². The third-order valence-corrected chi connectivity index (χ3v) is 4.95. The zero-order chi connectivity index (χ0) is 19.2. The molecule has 3 amide bonds. The van der Waals surface area contributed by atoms with Gasteiger partial charge in [-0.2, -0.15) is 0 Å². The van der Waals surface area contributed by atoms with Gasteiger partial charge in [0.05, 0.1) is 24.4 Å². The van der Waals surface area contributed by atoms with Gasteiger partial charge in [-0.25, -0.2) is 9.18 Å². The molecule has 2 aliphatic rings. The van der Waals surface area contributed by atoms with Crippen LogP contribution in [-0.4, -0.2) is 48.4 Å².